The fraction of sp³-hybridized carbons (Fsp3) is 0.409. The van der Waals surface area contributed by atoms with Crippen molar-refractivity contribution in [3.63, 3.8) is 0 Å². The van der Waals surface area contributed by atoms with Crippen molar-refractivity contribution < 1.29 is 19.0 Å². The van der Waals surface area contributed by atoms with Crippen molar-refractivity contribution >= 4 is 11.6 Å². The van der Waals surface area contributed by atoms with E-state index in [0.717, 1.165) is 42.9 Å². The van der Waals surface area contributed by atoms with Gasteiger partial charge in [0, 0.05) is 12.3 Å². The third-order valence-corrected chi connectivity index (χ3v) is 4.52. The number of rotatable bonds is 7. The number of carbonyl (C=O) groups is 1. The first-order chi connectivity index (χ1) is 13.1. The fourth-order valence-electron chi connectivity index (χ4n) is 2.93. The summed E-state index contributed by atoms with van der Waals surface area (Å²) in [5, 5.41) is 2.87. The molecule has 0 bridgehead atoms. The van der Waals surface area contributed by atoms with Crippen molar-refractivity contribution in [1.82, 2.24) is 0 Å². The van der Waals surface area contributed by atoms with Gasteiger partial charge < -0.3 is 19.5 Å². The van der Waals surface area contributed by atoms with Crippen molar-refractivity contribution in [3.8, 4) is 11.5 Å². The first-order valence-corrected chi connectivity index (χ1v) is 9.49. The molecule has 3 rings (SSSR count). The van der Waals surface area contributed by atoms with Crippen molar-refractivity contribution in [2.75, 3.05) is 18.5 Å². The molecule has 2 unspecified atom stereocenters. The van der Waals surface area contributed by atoms with E-state index in [-0.39, 0.29) is 12.0 Å². The molecule has 1 N–H and O–H groups in total. The molecule has 1 aliphatic heterocycles. The maximum atomic E-state index is 12.3. The summed E-state index contributed by atoms with van der Waals surface area (Å²) < 4.78 is 17.1. The zero-order chi connectivity index (χ0) is 19.1. The summed E-state index contributed by atoms with van der Waals surface area (Å²) in [7, 11) is 0. The standard InChI is InChI=1S/C22H27NO4/c1-16-6-5-8-20(14-16)27-19-11-9-18(10-12-19)23-22(24)17(2)26-15-21-7-3-4-13-25-21/h5-6,8-12,14,17,21H,3-4,7,13,15H2,1-2H3,(H,23,24). The minimum absolute atomic E-state index is 0.104. The highest BCUT2D eigenvalue weighted by Crippen LogP contribution is 2.23. The van der Waals surface area contributed by atoms with Crippen molar-refractivity contribution in [2.24, 2.45) is 0 Å². The minimum atomic E-state index is -0.529. The molecule has 1 heterocycles. The normalized spacial score (nSPS) is 17.9. The molecule has 5 nitrogen and oxygen atoms in total. The molecule has 0 aromatic heterocycles. The molecule has 2 aromatic carbocycles. The third-order valence-electron chi connectivity index (χ3n) is 4.52. The molecule has 2 atom stereocenters. The highest BCUT2D eigenvalue weighted by atomic mass is 16.5. The number of aryl methyl sites for hydroxylation is 1. The zero-order valence-electron chi connectivity index (χ0n) is 15.9. The van der Waals surface area contributed by atoms with Crippen LogP contribution in [-0.2, 0) is 14.3 Å². The Bertz CT molecular complexity index is 738. The van der Waals surface area contributed by atoms with Crippen LogP contribution in [0, 0.1) is 6.92 Å². The molecule has 0 saturated carbocycles. The van der Waals surface area contributed by atoms with Crippen LogP contribution in [0.5, 0.6) is 11.5 Å². The first-order valence-electron chi connectivity index (χ1n) is 9.49. The summed E-state index contributed by atoms with van der Waals surface area (Å²) in [6.07, 6.45) is 2.84. The van der Waals surface area contributed by atoms with Crippen LogP contribution >= 0.6 is 0 Å². The van der Waals surface area contributed by atoms with Gasteiger partial charge in [0.05, 0.1) is 12.7 Å². The molecule has 2 aromatic rings. The highest BCUT2D eigenvalue weighted by molar-refractivity contribution is 5.93. The fourth-order valence-corrected chi connectivity index (χ4v) is 2.93. The van der Waals surface area contributed by atoms with Crippen LogP contribution in [0.15, 0.2) is 48.5 Å². The van der Waals surface area contributed by atoms with Crippen LogP contribution in [0.2, 0.25) is 0 Å². The van der Waals surface area contributed by atoms with E-state index < -0.39 is 6.10 Å². The van der Waals surface area contributed by atoms with Crippen LogP contribution in [0.3, 0.4) is 0 Å². The summed E-state index contributed by atoms with van der Waals surface area (Å²) in [6, 6.07) is 15.2. The summed E-state index contributed by atoms with van der Waals surface area (Å²) in [4.78, 5) is 12.3. The lowest BCUT2D eigenvalue weighted by Crippen LogP contribution is -2.32. The average Bonchev–Trinajstić information content (AvgIpc) is 2.68. The number of anilines is 1. The number of hydrogen-bond acceptors (Lipinski definition) is 4. The predicted octanol–water partition coefficient (Wildman–Crippen LogP) is 4.70. The van der Waals surface area contributed by atoms with Crippen molar-refractivity contribution in [1.29, 1.82) is 0 Å². The molecule has 1 fully saturated rings. The van der Waals surface area contributed by atoms with Crippen LogP contribution < -0.4 is 10.1 Å². The topological polar surface area (TPSA) is 56.8 Å². The number of nitrogens with one attached hydrogen (secondary N) is 1. The number of carbonyl (C=O) groups excluding carboxylic acids is 1. The second-order valence-corrected chi connectivity index (χ2v) is 6.90. The molecular formula is C22H27NO4. The summed E-state index contributed by atoms with van der Waals surface area (Å²) in [5.41, 5.74) is 1.85. The van der Waals surface area contributed by atoms with Gasteiger partial charge in [0.1, 0.15) is 17.6 Å². The lowest BCUT2D eigenvalue weighted by Gasteiger charge is -2.23. The predicted molar refractivity (Wildman–Crippen MR) is 105 cm³/mol. The van der Waals surface area contributed by atoms with Gasteiger partial charge in [-0.1, -0.05) is 12.1 Å². The van der Waals surface area contributed by atoms with Gasteiger partial charge in [-0.25, -0.2) is 0 Å². The van der Waals surface area contributed by atoms with E-state index in [2.05, 4.69) is 5.32 Å². The van der Waals surface area contributed by atoms with E-state index in [1.54, 1.807) is 6.92 Å². The molecule has 5 heteroatoms. The average molecular weight is 369 g/mol. The molecule has 144 valence electrons. The Labute approximate surface area is 160 Å². The third kappa shape index (κ3) is 6.08. The van der Waals surface area contributed by atoms with E-state index in [1.165, 1.54) is 0 Å². The Morgan fingerprint density at radius 2 is 2.00 bits per heavy atom. The maximum absolute atomic E-state index is 12.3. The lowest BCUT2D eigenvalue weighted by molar-refractivity contribution is -0.130. The Hall–Kier alpha value is -2.37. The first kappa shape index (κ1) is 19.4. The molecule has 1 aliphatic rings. The zero-order valence-corrected chi connectivity index (χ0v) is 15.9. The van der Waals surface area contributed by atoms with E-state index in [9.17, 15) is 4.79 Å². The van der Waals surface area contributed by atoms with Crippen molar-refractivity contribution in [3.05, 3.63) is 54.1 Å². The SMILES string of the molecule is Cc1cccc(Oc2ccc(NC(=O)C(C)OCC3CCCCO3)cc2)c1. The van der Waals surface area contributed by atoms with Gasteiger partial charge in [-0.3, -0.25) is 4.79 Å². The van der Waals surface area contributed by atoms with Crippen molar-refractivity contribution in [2.45, 2.75) is 45.3 Å². The van der Waals surface area contributed by atoms with E-state index in [1.807, 2.05) is 55.5 Å². The van der Waals surface area contributed by atoms with Gasteiger partial charge in [-0.05, 0) is 75.1 Å². The van der Waals surface area contributed by atoms with Gasteiger partial charge in [0.15, 0.2) is 0 Å². The molecule has 1 saturated heterocycles. The molecule has 27 heavy (non-hydrogen) atoms. The number of benzene rings is 2. The Morgan fingerprint density at radius 1 is 1.19 bits per heavy atom. The second kappa shape index (κ2) is 9.53. The number of hydrogen-bond donors (Lipinski definition) is 1. The molecule has 0 radical (unpaired) electrons. The summed E-state index contributed by atoms with van der Waals surface area (Å²) >= 11 is 0. The second-order valence-electron chi connectivity index (χ2n) is 6.90. The van der Waals surface area contributed by atoms with E-state index >= 15 is 0 Å². The molecule has 1 amide bonds. The van der Waals surface area contributed by atoms with E-state index in [4.69, 9.17) is 14.2 Å². The largest absolute Gasteiger partial charge is 0.457 e. The summed E-state index contributed by atoms with van der Waals surface area (Å²) in [6.45, 7) is 5.02. The Morgan fingerprint density at radius 3 is 2.70 bits per heavy atom. The monoisotopic (exact) mass is 369 g/mol. The number of amides is 1. The Kier molecular flexibility index (Phi) is 6.85. The van der Waals surface area contributed by atoms with E-state index in [0.29, 0.717) is 12.3 Å². The molecular weight excluding hydrogens is 342 g/mol. The van der Waals surface area contributed by atoms with Gasteiger partial charge in [0.2, 0.25) is 0 Å². The van der Waals surface area contributed by atoms with Crippen LogP contribution in [0.1, 0.15) is 31.7 Å². The lowest BCUT2D eigenvalue weighted by atomic mass is 10.1. The smallest absolute Gasteiger partial charge is 0.253 e. The van der Waals surface area contributed by atoms with Gasteiger partial charge >= 0.3 is 0 Å². The van der Waals surface area contributed by atoms with Gasteiger partial charge in [0.25, 0.3) is 5.91 Å². The number of ether oxygens (including phenoxy) is 3. The van der Waals surface area contributed by atoms with Gasteiger partial charge in [-0.2, -0.15) is 0 Å². The highest BCUT2D eigenvalue weighted by Gasteiger charge is 2.19. The maximum Gasteiger partial charge on any atom is 0.253 e. The van der Waals surface area contributed by atoms with Gasteiger partial charge in [-0.15, -0.1) is 0 Å². The van der Waals surface area contributed by atoms with Crippen LogP contribution in [0.25, 0.3) is 0 Å². The van der Waals surface area contributed by atoms with Crippen LogP contribution in [-0.4, -0.2) is 31.3 Å². The molecule has 0 aliphatic carbocycles. The van der Waals surface area contributed by atoms with Crippen LogP contribution in [0.4, 0.5) is 5.69 Å². The summed E-state index contributed by atoms with van der Waals surface area (Å²) in [5.74, 6) is 1.34. The molecule has 0 spiro atoms. The quantitative estimate of drug-likeness (QED) is 0.768. The Balaban J connectivity index is 1.47. The minimum Gasteiger partial charge on any atom is -0.457 e.